The highest BCUT2D eigenvalue weighted by Crippen LogP contribution is 2.24. The summed E-state index contributed by atoms with van der Waals surface area (Å²) in [6, 6.07) is 13.6. The molecule has 3 heterocycles. The van der Waals surface area contributed by atoms with E-state index in [2.05, 4.69) is 22.3 Å². The van der Waals surface area contributed by atoms with Crippen molar-refractivity contribution < 1.29 is 0 Å². The van der Waals surface area contributed by atoms with Crippen LogP contribution < -0.4 is 5.56 Å². The molecule has 4 rings (SSSR count). The molecule has 0 spiro atoms. The van der Waals surface area contributed by atoms with Crippen LogP contribution >= 0.6 is 0 Å². The topological polar surface area (TPSA) is 57.6 Å². The van der Waals surface area contributed by atoms with Crippen molar-refractivity contribution in [3.05, 3.63) is 89.4 Å². The number of aryl methyl sites for hydroxylation is 1. The highest BCUT2D eigenvalue weighted by atomic mass is 16.1. The SMILES string of the molecule is Cn1cc(-c2cnn(Cc3ccccc3)c2)c(-n2cccn2)cc1=O. The Morgan fingerprint density at radius 3 is 2.64 bits per heavy atom. The highest BCUT2D eigenvalue weighted by Gasteiger charge is 2.12. The Kier molecular flexibility index (Phi) is 3.78. The lowest BCUT2D eigenvalue weighted by Gasteiger charge is -2.09. The Balaban J connectivity index is 1.75. The van der Waals surface area contributed by atoms with Crippen LogP contribution in [0.1, 0.15) is 5.56 Å². The first-order valence-electron chi connectivity index (χ1n) is 7.98. The van der Waals surface area contributed by atoms with Crippen molar-refractivity contribution in [3.63, 3.8) is 0 Å². The van der Waals surface area contributed by atoms with E-state index in [1.165, 1.54) is 5.56 Å². The Labute approximate surface area is 144 Å². The maximum Gasteiger partial charge on any atom is 0.252 e. The first-order chi connectivity index (χ1) is 12.2. The molecule has 0 fully saturated rings. The second-order valence-corrected chi connectivity index (χ2v) is 5.88. The quantitative estimate of drug-likeness (QED) is 0.577. The molecule has 0 unspecified atom stereocenters. The summed E-state index contributed by atoms with van der Waals surface area (Å²) < 4.78 is 5.16. The molecule has 0 atom stereocenters. The second-order valence-electron chi connectivity index (χ2n) is 5.88. The van der Waals surface area contributed by atoms with Crippen molar-refractivity contribution in [2.24, 2.45) is 7.05 Å². The molecule has 6 heteroatoms. The fourth-order valence-corrected chi connectivity index (χ4v) is 2.80. The van der Waals surface area contributed by atoms with Gasteiger partial charge in [0.2, 0.25) is 0 Å². The van der Waals surface area contributed by atoms with Gasteiger partial charge in [0.05, 0.1) is 18.4 Å². The van der Waals surface area contributed by atoms with Crippen LogP contribution in [0.15, 0.2) is 78.2 Å². The molecule has 6 nitrogen and oxygen atoms in total. The van der Waals surface area contributed by atoms with E-state index >= 15 is 0 Å². The van der Waals surface area contributed by atoms with Gasteiger partial charge in [-0.2, -0.15) is 10.2 Å². The predicted molar refractivity (Wildman–Crippen MR) is 95.6 cm³/mol. The van der Waals surface area contributed by atoms with Crippen LogP contribution in [0.5, 0.6) is 0 Å². The summed E-state index contributed by atoms with van der Waals surface area (Å²) in [5.74, 6) is 0. The summed E-state index contributed by atoms with van der Waals surface area (Å²) in [7, 11) is 1.74. The van der Waals surface area contributed by atoms with E-state index in [1.54, 1.807) is 28.6 Å². The number of rotatable bonds is 4. The summed E-state index contributed by atoms with van der Waals surface area (Å²) in [4.78, 5) is 12.1. The number of nitrogens with zero attached hydrogens (tertiary/aromatic N) is 5. The van der Waals surface area contributed by atoms with Gasteiger partial charge in [0.15, 0.2) is 0 Å². The minimum absolute atomic E-state index is 0.0778. The molecule has 25 heavy (non-hydrogen) atoms. The van der Waals surface area contributed by atoms with Gasteiger partial charge in [-0.1, -0.05) is 30.3 Å². The van der Waals surface area contributed by atoms with Gasteiger partial charge >= 0.3 is 0 Å². The average Bonchev–Trinajstić information content (AvgIpc) is 3.30. The minimum Gasteiger partial charge on any atom is -0.318 e. The third-order valence-electron chi connectivity index (χ3n) is 4.09. The van der Waals surface area contributed by atoms with Gasteiger partial charge < -0.3 is 4.57 Å². The maximum atomic E-state index is 12.1. The molecule has 0 saturated carbocycles. The van der Waals surface area contributed by atoms with Crippen molar-refractivity contribution in [2.45, 2.75) is 6.54 Å². The molecular formula is C19H17N5O. The predicted octanol–water partition coefficient (Wildman–Crippen LogP) is 2.48. The lowest BCUT2D eigenvalue weighted by molar-refractivity contribution is 0.687. The zero-order valence-corrected chi connectivity index (χ0v) is 13.8. The van der Waals surface area contributed by atoms with Crippen LogP contribution in [-0.4, -0.2) is 24.1 Å². The van der Waals surface area contributed by atoms with Crippen molar-refractivity contribution in [3.8, 4) is 16.8 Å². The summed E-state index contributed by atoms with van der Waals surface area (Å²) in [5.41, 5.74) is 3.70. The van der Waals surface area contributed by atoms with E-state index in [0.29, 0.717) is 6.54 Å². The Morgan fingerprint density at radius 1 is 1.04 bits per heavy atom. The van der Waals surface area contributed by atoms with Crippen LogP contribution in [-0.2, 0) is 13.6 Å². The van der Waals surface area contributed by atoms with E-state index < -0.39 is 0 Å². The number of benzene rings is 1. The number of hydrogen-bond donors (Lipinski definition) is 0. The fraction of sp³-hybridized carbons (Fsp3) is 0.105. The smallest absolute Gasteiger partial charge is 0.252 e. The van der Waals surface area contributed by atoms with E-state index in [9.17, 15) is 4.79 Å². The van der Waals surface area contributed by atoms with Crippen molar-refractivity contribution in [1.82, 2.24) is 24.1 Å². The van der Waals surface area contributed by atoms with Gasteiger partial charge in [-0.15, -0.1) is 0 Å². The number of hydrogen-bond acceptors (Lipinski definition) is 3. The Bertz CT molecular complexity index is 1050. The van der Waals surface area contributed by atoms with Gasteiger partial charge in [0.1, 0.15) is 0 Å². The van der Waals surface area contributed by atoms with Crippen molar-refractivity contribution in [2.75, 3.05) is 0 Å². The third kappa shape index (κ3) is 3.01. The Morgan fingerprint density at radius 2 is 1.88 bits per heavy atom. The zero-order valence-electron chi connectivity index (χ0n) is 13.8. The van der Waals surface area contributed by atoms with Gasteiger partial charge in [-0.05, 0) is 11.6 Å². The van der Waals surface area contributed by atoms with Crippen LogP contribution in [0.25, 0.3) is 16.8 Å². The van der Waals surface area contributed by atoms with Crippen LogP contribution in [0.2, 0.25) is 0 Å². The molecule has 1 aromatic carbocycles. The third-order valence-corrected chi connectivity index (χ3v) is 4.09. The molecule has 0 amide bonds. The minimum atomic E-state index is -0.0778. The van der Waals surface area contributed by atoms with E-state index in [0.717, 1.165) is 16.8 Å². The standard InChI is InChI=1S/C19H17N5O/c1-22-14-17(18(10-19(22)25)24-9-5-8-20-24)16-11-21-23(13-16)12-15-6-3-2-4-7-15/h2-11,13-14H,12H2,1H3. The highest BCUT2D eigenvalue weighted by molar-refractivity contribution is 5.70. The largest absolute Gasteiger partial charge is 0.318 e. The van der Waals surface area contributed by atoms with E-state index in [4.69, 9.17) is 0 Å². The van der Waals surface area contributed by atoms with Gasteiger partial charge in [0, 0.05) is 49.0 Å². The van der Waals surface area contributed by atoms with E-state index in [1.807, 2.05) is 53.7 Å². The molecule has 0 radical (unpaired) electrons. The van der Waals surface area contributed by atoms with Crippen LogP contribution in [0.4, 0.5) is 0 Å². The Hall–Kier alpha value is -3.41. The molecule has 0 aliphatic rings. The molecule has 0 bridgehead atoms. The van der Waals surface area contributed by atoms with Gasteiger partial charge in [0.25, 0.3) is 5.56 Å². The fourth-order valence-electron chi connectivity index (χ4n) is 2.80. The molecule has 124 valence electrons. The van der Waals surface area contributed by atoms with Gasteiger partial charge in [-0.3, -0.25) is 9.48 Å². The second kappa shape index (κ2) is 6.24. The maximum absolute atomic E-state index is 12.1. The molecule has 0 aliphatic heterocycles. The summed E-state index contributed by atoms with van der Waals surface area (Å²) in [6.07, 6.45) is 9.14. The summed E-state index contributed by atoms with van der Waals surface area (Å²) >= 11 is 0. The molecular weight excluding hydrogens is 314 g/mol. The molecule has 0 N–H and O–H groups in total. The first kappa shape index (κ1) is 15.1. The van der Waals surface area contributed by atoms with Crippen LogP contribution in [0, 0.1) is 0 Å². The normalized spacial score (nSPS) is 10.9. The van der Waals surface area contributed by atoms with Crippen LogP contribution in [0.3, 0.4) is 0 Å². The van der Waals surface area contributed by atoms with Gasteiger partial charge in [-0.25, -0.2) is 4.68 Å². The monoisotopic (exact) mass is 331 g/mol. The molecule has 3 aromatic heterocycles. The number of aromatic nitrogens is 5. The lowest BCUT2D eigenvalue weighted by atomic mass is 10.1. The summed E-state index contributed by atoms with van der Waals surface area (Å²) in [6.45, 7) is 0.698. The van der Waals surface area contributed by atoms with E-state index in [-0.39, 0.29) is 5.56 Å². The number of pyridine rings is 1. The molecule has 0 aliphatic carbocycles. The molecule has 0 saturated heterocycles. The molecule has 4 aromatic rings. The first-order valence-corrected chi connectivity index (χ1v) is 7.98. The zero-order chi connectivity index (χ0) is 17.2. The summed E-state index contributed by atoms with van der Waals surface area (Å²) in [5, 5.41) is 8.72. The average molecular weight is 331 g/mol. The van der Waals surface area contributed by atoms with Crippen molar-refractivity contribution in [1.29, 1.82) is 0 Å². The van der Waals surface area contributed by atoms with Crippen molar-refractivity contribution >= 4 is 0 Å². The lowest BCUT2D eigenvalue weighted by Crippen LogP contribution is -2.17.